The number of carbonyl (C=O) groups excluding carboxylic acids is 1. The maximum atomic E-state index is 12.2. The summed E-state index contributed by atoms with van der Waals surface area (Å²) in [4.78, 5) is 14.4. The summed E-state index contributed by atoms with van der Waals surface area (Å²) in [7, 11) is 1.64. The minimum atomic E-state index is 0.0318. The molecule has 132 valence electrons. The summed E-state index contributed by atoms with van der Waals surface area (Å²) in [5.41, 5.74) is 2.21. The van der Waals surface area contributed by atoms with E-state index < -0.39 is 0 Å². The Bertz CT molecular complexity index is 673. The van der Waals surface area contributed by atoms with E-state index in [0.717, 1.165) is 30.0 Å². The lowest BCUT2D eigenvalue weighted by atomic mass is 10.1. The van der Waals surface area contributed by atoms with Crippen LogP contribution in [0.1, 0.15) is 17.2 Å². The van der Waals surface area contributed by atoms with Crippen LogP contribution in [-0.2, 0) is 16.1 Å². The molecule has 2 aromatic rings. The van der Waals surface area contributed by atoms with Crippen LogP contribution in [0.15, 0.2) is 54.6 Å². The van der Waals surface area contributed by atoms with Crippen LogP contribution in [0, 0.1) is 0 Å². The number of methoxy groups -OCH3 is 1. The van der Waals surface area contributed by atoms with Crippen molar-refractivity contribution in [1.82, 2.24) is 10.2 Å². The zero-order valence-corrected chi connectivity index (χ0v) is 14.5. The first-order valence-electron chi connectivity index (χ1n) is 8.53. The molecule has 5 heteroatoms. The lowest BCUT2D eigenvalue weighted by molar-refractivity contribution is -0.124. The molecule has 25 heavy (non-hydrogen) atoms. The largest absolute Gasteiger partial charge is 0.497 e. The summed E-state index contributed by atoms with van der Waals surface area (Å²) in [5.74, 6) is 0.847. The third-order valence-electron chi connectivity index (χ3n) is 4.34. The SMILES string of the molecule is COc1ccc(CNC(=O)CN2CCOC(c3ccccc3)C2)cc1. The van der Waals surface area contributed by atoms with Gasteiger partial charge in [0, 0.05) is 19.6 Å². The Balaban J connectivity index is 1.47. The third-order valence-corrected chi connectivity index (χ3v) is 4.34. The second-order valence-corrected chi connectivity index (χ2v) is 6.13. The first-order chi connectivity index (χ1) is 12.2. The maximum absolute atomic E-state index is 12.2. The average Bonchev–Trinajstić information content (AvgIpc) is 2.68. The van der Waals surface area contributed by atoms with Gasteiger partial charge in [0.2, 0.25) is 5.91 Å². The molecule has 0 aromatic heterocycles. The first-order valence-corrected chi connectivity index (χ1v) is 8.53. The predicted octanol–water partition coefficient (Wildman–Crippen LogP) is 2.38. The first kappa shape index (κ1) is 17.5. The van der Waals surface area contributed by atoms with E-state index in [-0.39, 0.29) is 12.0 Å². The monoisotopic (exact) mass is 340 g/mol. The Hall–Kier alpha value is -2.37. The van der Waals surface area contributed by atoms with Crippen molar-refractivity contribution >= 4 is 5.91 Å². The summed E-state index contributed by atoms with van der Waals surface area (Å²) in [5, 5.41) is 2.98. The molecule has 1 heterocycles. The number of rotatable bonds is 6. The van der Waals surface area contributed by atoms with Crippen LogP contribution in [0.5, 0.6) is 5.75 Å². The van der Waals surface area contributed by atoms with E-state index in [4.69, 9.17) is 9.47 Å². The Morgan fingerprint density at radius 2 is 1.96 bits per heavy atom. The van der Waals surface area contributed by atoms with E-state index in [2.05, 4.69) is 22.3 Å². The average molecular weight is 340 g/mol. The second-order valence-electron chi connectivity index (χ2n) is 6.13. The summed E-state index contributed by atoms with van der Waals surface area (Å²) in [6.07, 6.45) is 0.0318. The maximum Gasteiger partial charge on any atom is 0.234 e. The number of ether oxygens (including phenoxy) is 2. The minimum Gasteiger partial charge on any atom is -0.497 e. The molecule has 1 unspecified atom stereocenters. The molecule has 0 saturated carbocycles. The number of morpholine rings is 1. The zero-order valence-electron chi connectivity index (χ0n) is 14.5. The van der Waals surface area contributed by atoms with Gasteiger partial charge in [0.05, 0.1) is 26.4 Å². The lowest BCUT2D eigenvalue weighted by Crippen LogP contribution is -2.44. The van der Waals surface area contributed by atoms with Crippen molar-refractivity contribution < 1.29 is 14.3 Å². The number of nitrogens with zero attached hydrogens (tertiary/aromatic N) is 1. The molecule has 0 spiro atoms. The van der Waals surface area contributed by atoms with Crippen LogP contribution in [0.3, 0.4) is 0 Å². The van der Waals surface area contributed by atoms with Gasteiger partial charge in [-0.15, -0.1) is 0 Å². The normalized spacial score (nSPS) is 17.9. The zero-order chi connectivity index (χ0) is 17.5. The Kier molecular flexibility index (Phi) is 6.04. The van der Waals surface area contributed by atoms with Crippen LogP contribution in [0.2, 0.25) is 0 Å². The number of hydrogen-bond donors (Lipinski definition) is 1. The van der Waals surface area contributed by atoms with Gasteiger partial charge in [0.1, 0.15) is 5.75 Å². The van der Waals surface area contributed by atoms with Crippen molar-refractivity contribution in [3.63, 3.8) is 0 Å². The standard InChI is InChI=1S/C20H24N2O3/c1-24-18-9-7-16(8-10-18)13-21-20(23)15-22-11-12-25-19(14-22)17-5-3-2-4-6-17/h2-10,19H,11-15H2,1H3,(H,21,23). The van der Waals surface area contributed by atoms with Crippen molar-refractivity contribution in [2.75, 3.05) is 33.4 Å². The second kappa shape index (κ2) is 8.65. The highest BCUT2D eigenvalue weighted by molar-refractivity contribution is 5.78. The molecule has 2 aromatic carbocycles. The van der Waals surface area contributed by atoms with E-state index in [9.17, 15) is 4.79 Å². The van der Waals surface area contributed by atoms with Crippen molar-refractivity contribution in [3.8, 4) is 5.75 Å². The van der Waals surface area contributed by atoms with Crippen molar-refractivity contribution in [3.05, 3.63) is 65.7 Å². The van der Waals surface area contributed by atoms with E-state index in [1.807, 2.05) is 42.5 Å². The van der Waals surface area contributed by atoms with E-state index in [1.54, 1.807) is 7.11 Å². The van der Waals surface area contributed by atoms with Crippen LogP contribution in [0.4, 0.5) is 0 Å². The van der Waals surface area contributed by atoms with E-state index in [0.29, 0.717) is 19.7 Å². The fourth-order valence-electron chi connectivity index (χ4n) is 2.92. The lowest BCUT2D eigenvalue weighted by Gasteiger charge is -2.32. The Morgan fingerprint density at radius 1 is 1.20 bits per heavy atom. The summed E-state index contributed by atoms with van der Waals surface area (Å²) >= 11 is 0. The van der Waals surface area contributed by atoms with Gasteiger partial charge in [-0.05, 0) is 23.3 Å². The van der Waals surface area contributed by atoms with Gasteiger partial charge in [-0.3, -0.25) is 9.69 Å². The number of hydrogen-bond acceptors (Lipinski definition) is 4. The van der Waals surface area contributed by atoms with Gasteiger partial charge in [-0.25, -0.2) is 0 Å². The molecule has 1 saturated heterocycles. The summed E-state index contributed by atoms with van der Waals surface area (Å²) < 4.78 is 11.0. The fourth-order valence-corrected chi connectivity index (χ4v) is 2.92. The van der Waals surface area contributed by atoms with Crippen molar-refractivity contribution in [2.24, 2.45) is 0 Å². The molecular weight excluding hydrogens is 316 g/mol. The van der Waals surface area contributed by atoms with E-state index >= 15 is 0 Å². The van der Waals surface area contributed by atoms with Gasteiger partial charge >= 0.3 is 0 Å². The molecule has 1 fully saturated rings. The smallest absolute Gasteiger partial charge is 0.234 e. The highest BCUT2D eigenvalue weighted by Gasteiger charge is 2.23. The molecule has 0 aliphatic carbocycles. The van der Waals surface area contributed by atoms with Crippen molar-refractivity contribution in [2.45, 2.75) is 12.6 Å². The van der Waals surface area contributed by atoms with Gasteiger partial charge in [0.25, 0.3) is 0 Å². The number of amides is 1. The van der Waals surface area contributed by atoms with Crippen LogP contribution in [0.25, 0.3) is 0 Å². The molecule has 1 N–H and O–H groups in total. The Morgan fingerprint density at radius 3 is 2.68 bits per heavy atom. The highest BCUT2D eigenvalue weighted by atomic mass is 16.5. The quantitative estimate of drug-likeness (QED) is 0.877. The summed E-state index contributed by atoms with van der Waals surface area (Å²) in [6.45, 7) is 3.07. The molecule has 1 atom stereocenters. The van der Waals surface area contributed by atoms with Crippen LogP contribution in [-0.4, -0.2) is 44.2 Å². The van der Waals surface area contributed by atoms with Crippen LogP contribution >= 0.6 is 0 Å². The highest BCUT2D eigenvalue weighted by Crippen LogP contribution is 2.21. The minimum absolute atomic E-state index is 0.0318. The topological polar surface area (TPSA) is 50.8 Å². The van der Waals surface area contributed by atoms with Crippen molar-refractivity contribution in [1.29, 1.82) is 0 Å². The molecular formula is C20H24N2O3. The molecule has 0 bridgehead atoms. The van der Waals surface area contributed by atoms with E-state index in [1.165, 1.54) is 0 Å². The molecule has 5 nitrogen and oxygen atoms in total. The molecule has 1 amide bonds. The predicted molar refractivity (Wildman–Crippen MR) is 96.4 cm³/mol. The fraction of sp³-hybridized carbons (Fsp3) is 0.350. The van der Waals surface area contributed by atoms with Gasteiger partial charge < -0.3 is 14.8 Å². The van der Waals surface area contributed by atoms with Gasteiger partial charge in [-0.2, -0.15) is 0 Å². The Labute approximate surface area is 148 Å². The molecule has 1 aliphatic rings. The number of benzene rings is 2. The number of nitrogens with one attached hydrogen (secondary N) is 1. The van der Waals surface area contributed by atoms with Gasteiger partial charge in [-0.1, -0.05) is 42.5 Å². The number of carbonyl (C=O) groups is 1. The van der Waals surface area contributed by atoms with Gasteiger partial charge in [0.15, 0.2) is 0 Å². The van der Waals surface area contributed by atoms with Crippen LogP contribution < -0.4 is 10.1 Å². The molecule has 0 radical (unpaired) electrons. The molecule has 1 aliphatic heterocycles. The third kappa shape index (κ3) is 5.05. The molecule has 3 rings (SSSR count). The summed E-state index contributed by atoms with van der Waals surface area (Å²) in [6, 6.07) is 17.9.